The Balaban J connectivity index is 1.26. The number of likely N-dealkylation sites (tertiary alicyclic amines) is 1. The van der Waals surface area contributed by atoms with Crippen molar-refractivity contribution in [2.24, 2.45) is 0 Å². The molecule has 0 unspecified atom stereocenters. The summed E-state index contributed by atoms with van der Waals surface area (Å²) in [5.74, 6) is -0.693. The maximum absolute atomic E-state index is 14.0. The lowest BCUT2D eigenvalue weighted by Crippen LogP contribution is -2.38. The summed E-state index contributed by atoms with van der Waals surface area (Å²) < 4.78 is 15.6. The average molecular weight is 448 g/mol. The van der Waals surface area contributed by atoms with Crippen LogP contribution in [0.2, 0.25) is 0 Å². The molecule has 1 saturated heterocycles. The van der Waals surface area contributed by atoms with Gasteiger partial charge in [-0.3, -0.25) is 9.59 Å². The molecule has 1 atom stereocenters. The zero-order valence-corrected chi connectivity index (χ0v) is 18.6. The van der Waals surface area contributed by atoms with Gasteiger partial charge in [-0.1, -0.05) is 35.5 Å². The minimum atomic E-state index is -0.378. The topological polar surface area (TPSA) is 71.3 Å². The maximum atomic E-state index is 14.0. The smallest absolute Gasteiger partial charge is 0.276 e. The van der Waals surface area contributed by atoms with Crippen molar-refractivity contribution in [3.63, 3.8) is 0 Å². The number of benzene rings is 2. The molecule has 1 fully saturated rings. The lowest BCUT2D eigenvalue weighted by atomic mass is 10.00. The molecule has 0 aliphatic carbocycles. The number of fused-ring (bicyclic) bond motifs is 1. The first-order valence-corrected chi connectivity index (χ1v) is 11.3. The van der Waals surface area contributed by atoms with Crippen LogP contribution in [-0.2, 0) is 19.5 Å². The Morgan fingerprint density at radius 1 is 1.09 bits per heavy atom. The second-order valence-electron chi connectivity index (χ2n) is 8.83. The summed E-state index contributed by atoms with van der Waals surface area (Å²) >= 11 is 0. The van der Waals surface area contributed by atoms with Gasteiger partial charge in [-0.2, -0.15) is 0 Å². The maximum Gasteiger partial charge on any atom is 0.276 e. The monoisotopic (exact) mass is 447 g/mol. The fraction of sp³-hybridized carbons (Fsp3) is 0.360. The van der Waals surface area contributed by atoms with Crippen LogP contribution in [0.5, 0.6) is 0 Å². The Morgan fingerprint density at radius 2 is 1.91 bits per heavy atom. The standard InChI is InChI=1S/C25H26FN5O2/c1-17-8-9-19(13-22(17)26)24(32)31-11-4-7-21(31)15-30-16-23(27-28-30)25(33)29-12-10-18-5-2-3-6-20(18)14-29/h2-3,5-6,8-9,13,16,21H,4,7,10-12,14-15H2,1H3/t21-/m0/s1. The third-order valence-electron chi connectivity index (χ3n) is 6.63. The van der Waals surface area contributed by atoms with Gasteiger partial charge >= 0.3 is 0 Å². The number of aryl methyl sites for hydroxylation is 1. The van der Waals surface area contributed by atoms with Gasteiger partial charge < -0.3 is 9.80 Å². The number of hydrogen-bond acceptors (Lipinski definition) is 4. The van der Waals surface area contributed by atoms with E-state index in [0.717, 1.165) is 24.8 Å². The average Bonchev–Trinajstić information content (AvgIpc) is 3.49. The van der Waals surface area contributed by atoms with Gasteiger partial charge in [-0.25, -0.2) is 9.07 Å². The molecule has 0 saturated carbocycles. The van der Waals surface area contributed by atoms with Gasteiger partial charge in [-0.05, 0) is 55.0 Å². The number of rotatable bonds is 4. The molecule has 170 valence electrons. The van der Waals surface area contributed by atoms with Crippen LogP contribution in [-0.4, -0.2) is 55.7 Å². The molecule has 0 spiro atoms. The van der Waals surface area contributed by atoms with Crippen LogP contribution >= 0.6 is 0 Å². The molecule has 0 bridgehead atoms. The van der Waals surface area contributed by atoms with E-state index in [-0.39, 0.29) is 23.7 Å². The molecule has 2 aliphatic heterocycles. The molecule has 7 nitrogen and oxygen atoms in total. The lowest BCUT2D eigenvalue weighted by molar-refractivity contribution is 0.0714. The Hall–Kier alpha value is -3.55. The molecule has 33 heavy (non-hydrogen) atoms. The summed E-state index contributed by atoms with van der Waals surface area (Å²) in [6.45, 7) is 3.96. The number of carbonyl (C=O) groups is 2. The van der Waals surface area contributed by atoms with E-state index in [1.807, 2.05) is 12.1 Å². The first-order valence-electron chi connectivity index (χ1n) is 11.3. The van der Waals surface area contributed by atoms with Gasteiger partial charge in [0.25, 0.3) is 11.8 Å². The highest BCUT2D eigenvalue weighted by molar-refractivity contribution is 5.94. The third kappa shape index (κ3) is 4.25. The molecule has 0 radical (unpaired) electrons. The number of halogens is 1. The quantitative estimate of drug-likeness (QED) is 0.616. The predicted molar refractivity (Wildman–Crippen MR) is 120 cm³/mol. The van der Waals surface area contributed by atoms with Crippen LogP contribution in [0.25, 0.3) is 0 Å². The number of hydrogen-bond donors (Lipinski definition) is 0. The molecule has 2 amide bonds. The van der Waals surface area contributed by atoms with Gasteiger partial charge in [-0.15, -0.1) is 5.10 Å². The highest BCUT2D eigenvalue weighted by Gasteiger charge is 2.31. The van der Waals surface area contributed by atoms with Crippen LogP contribution in [0.4, 0.5) is 4.39 Å². The van der Waals surface area contributed by atoms with Crippen LogP contribution in [0.15, 0.2) is 48.7 Å². The molecule has 1 aromatic heterocycles. The van der Waals surface area contributed by atoms with Gasteiger partial charge in [0, 0.05) is 25.2 Å². The minimum Gasteiger partial charge on any atom is -0.334 e. The zero-order valence-electron chi connectivity index (χ0n) is 18.6. The summed E-state index contributed by atoms with van der Waals surface area (Å²) in [5.41, 5.74) is 3.62. The van der Waals surface area contributed by atoms with Gasteiger partial charge in [0.15, 0.2) is 5.69 Å². The van der Waals surface area contributed by atoms with Crippen molar-refractivity contribution >= 4 is 11.8 Å². The van der Waals surface area contributed by atoms with Crippen LogP contribution < -0.4 is 0 Å². The number of aromatic nitrogens is 3. The van der Waals surface area contributed by atoms with Gasteiger partial charge in [0.05, 0.1) is 18.8 Å². The molecule has 0 N–H and O–H groups in total. The minimum absolute atomic E-state index is 0.0756. The zero-order chi connectivity index (χ0) is 22.9. The van der Waals surface area contributed by atoms with E-state index < -0.39 is 0 Å². The van der Waals surface area contributed by atoms with E-state index in [0.29, 0.717) is 43.0 Å². The van der Waals surface area contributed by atoms with Crippen molar-refractivity contribution in [3.8, 4) is 0 Å². The molecule has 3 heterocycles. The first-order chi connectivity index (χ1) is 16.0. The predicted octanol–water partition coefficient (Wildman–Crippen LogP) is 3.23. The molecule has 8 heteroatoms. The lowest BCUT2D eigenvalue weighted by Gasteiger charge is -2.28. The molecule has 5 rings (SSSR count). The SMILES string of the molecule is Cc1ccc(C(=O)N2CCC[C@H]2Cn2cc(C(=O)N3CCc4ccccc4C3)nn2)cc1F. The molecule has 3 aromatic rings. The van der Waals surface area contributed by atoms with Crippen LogP contribution in [0.3, 0.4) is 0 Å². The summed E-state index contributed by atoms with van der Waals surface area (Å²) in [5, 5.41) is 8.26. The largest absolute Gasteiger partial charge is 0.334 e. The molecule has 2 aliphatic rings. The van der Waals surface area contributed by atoms with Crippen molar-refractivity contribution in [1.29, 1.82) is 0 Å². The normalized spacial score (nSPS) is 17.8. The van der Waals surface area contributed by atoms with Crippen molar-refractivity contribution in [2.75, 3.05) is 13.1 Å². The van der Waals surface area contributed by atoms with Crippen LogP contribution in [0, 0.1) is 12.7 Å². The Labute approximate surface area is 191 Å². The Kier molecular flexibility index (Phi) is 5.66. The molecular weight excluding hydrogens is 421 g/mol. The van der Waals surface area contributed by atoms with Crippen molar-refractivity contribution in [2.45, 2.75) is 45.3 Å². The summed E-state index contributed by atoms with van der Waals surface area (Å²) in [6, 6.07) is 12.7. The summed E-state index contributed by atoms with van der Waals surface area (Å²) in [6.07, 6.45) is 4.19. The summed E-state index contributed by atoms with van der Waals surface area (Å²) in [7, 11) is 0. The first kappa shape index (κ1) is 21.3. The fourth-order valence-corrected chi connectivity index (χ4v) is 4.72. The van der Waals surface area contributed by atoms with Gasteiger partial charge in [0.1, 0.15) is 5.82 Å². The fourth-order valence-electron chi connectivity index (χ4n) is 4.72. The second-order valence-corrected chi connectivity index (χ2v) is 8.83. The van der Waals surface area contributed by atoms with Crippen LogP contribution in [0.1, 0.15) is 50.4 Å². The van der Waals surface area contributed by atoms with E-state index in [9.17, 15) is 14.0 Å². The Bertz CT molecular complexity index is 1210. The second kappa shape index (κ2) is 8.77. The number of nitrogens with zero attached hydrogens (tertiary/aromatic N) is 5. The molecule has 2 aromatic carbocycles. The third-order valence-corrected chi connectivity index (χ3v) is 6.63. The van der Waals surface area contributed by atoms with Crippen molar-refractivity contribution in [1.82, 2.24) is 24.8 Å². The number of carbonyl (C=O) groups excluding carboxylic acids is 2. The Morgan fingerprint density at radius 3 is 2.73 bits per heavy atom. The van der Waals surface area contributed by atoms with E-state index in [1.54, 1.807) is 39.7 Å². The van der Waals surface area contributed by atoms with E-state index in [4.69, 9.17) is 0 Å². The van der Waals surface area contributed by atoms with Gasteiger partial charge in [0.2, 0.25) is 0 Å². The summed E-state index contributed by atoms with van der Waals surface area (Å²) in [4.78, 5) is 29.5. The number of amides is 2. The van der Waals surface area contributed by atoms with E-state index in [1.165, 1.54) is 11.6 Å². The highest BCUT2D eigenvalue weighted by atomic mass is 19.1. The van der Waals surface area contributed by atoms with E-state index >= 15 is 0 Å². The van der Waals surface area contributed by atoms with E-state index in [2.05, 4.69) is 22.4 Å². The van der Waals surface area contributed by atoms with Crippen molar-refractivity contribution < 1.29 is 14.0 Å². The van der Waals surface area contributed by atoms with Crippen molar-refractivity contribution in [3.05, 3.63) is 82.4 Å². The molecular formula is C25H26FN5O2. The highest BCUT2D eigenvalue weighted by Crippen LogP contribution is 2.23.